The molecule has 0 aliphatic rings. The summed E-state index contributed by atoms with van der Waals surface area (Å²) in [6.07, 6.45) is 0. The molecule has 2 aromatic rings. The molecule has 20 heavy (non-hydrogen) atoms. The summed E-state index contributed by atoms with van der Waals surface area (Å²) in [4.78, 5) is 12.1. The van der Waals surface area contributed by atoms with Crippen LogP contribution in [0.2, 0.25) is 0 Å². The average molecular weight is 331 g/mol. The third-order valence-corrected chi connectivity index (χ3v) is 3.24. The van der Waals surface area contributed by atoms with Crippen LogP contribution >= 0.6 is 15.9 Å². The summed E-state index contributed by atoms with van der Waals surface area (Å²) in [5.41, 5.74) is 0.823. The maximum absolute atomic E-state index is 12.1. The number of amides is 1. The van der Waals surface area contributed by atoms with Gasteiger partial charge in [-0.3, -0.25) is 4.79 Å². The largest absolute Gasteiger partial charge is 0.507 e. The number of halogens is 1. The summed E-state index contributed by atoms with van der Waals surface area (Å²) in [7, 11) is 0. The average Bonchev–Trinajstić information content (AvgIpc) is 2.45. The van der Waals surface area contributed by atoms with Crippen LogP contribution in [-0.4, -0.2) is 11.0 Å². The molecule has 0 aliphatic carbocycles. The molecule has 2 N–H and O–H groups in total. The fourth-order valence-corrected chi connectivity index (χ4v) is 2.09. The van der Waals surface area contributed by atoms with Crippen LogP contribution in [0.15, 0.2) is 53.0 Å². The van der Waals surface area contributed by atoms with Crippen LogP contribution in [0.1, 0.15) is 22.0 Å². The van der Waals surface area contributed by atoms with Gasteiger partial charge in [-0.1, -0.05) is 46.3 Å². The highest BCUT2D eigenvalue weighted by Crippen LogP contribution is 2.23. The molecule has 1 atom stereocenters. The molecule has 100 valence electrons. The number of nitriles is 1. The van der Waals surface area contributed by atoms with Crippen LogP contribution in [-0.2, 0) is 0 Å². The first-order chi connectivity index (χ1) is 9.61. The fourth-order valence-electron chi connectivity index (χ4n) is 1.74. The first-order valence-electron chi connectivity index (χ1n) is 5.86. The lowest BCUT2D eigenvalue weighted by molar-refractivity contribution is 0.0942. The lowest BCUT2D eigenvalue weighted by Crippen LogP contribution is -2.27. The van der Waals surface area contributed by atoms with Crippen molar-refractivity contribution in [2.45, 2.75) is 6.04 Å². The van der Waals surface area contributed by atoms with E-state index in [1.807, 2.05) is 12.1 Å². The molecule has 0 aliphatic heterocycles. The second kappa shape index (κ2) is 6.22. The lowest BCUT2D eigenvalue weighted by atomic mass is 10.1. The molecule has 0 radical (unpaired) electrons. The van der Waals surface area contributed by atoms with E-state index in [1.165, 1.54) is 12.1 Å². The third kappa shape index (κ3) is 3.16. The third-order valence-electron chi connectivity index (χ3n) is 2.74. The van der Waals surface area contributed by atoms with E-state index in [0.717, 1.165) is 0 Å². The summed E-state index contributed by atoms with van der Waals surface area (Å²) in [6.45, 7) is 0. The molecule has 5 heteroatoms. The number of phenols is 1. The molecule has 0 spiro atoms. The van der Waals surface area contributed by atoms with Crippen molar-refractivity contribution in [3.05, 3.63) is 64.1 Å². The Hall–Kier alpha value is -2.32. The molecule has 2 aromatic carbocycles. The van der Waals surface area contributed by atoms with E-state index in [9.17, 15) is 9.90 Å². The monoisotopic (exact) mass is 330 g/mol. The van der Waals surface area contributed by atoms with Gasteiger partial charge >= 0.3 is 0 Å². The van der Waals surface area contributed by atoms with Gasteiger partial charge in [0.1, 0.15) is 11.8 Å². The molecule has 0 bridgehead atoms. The Labute approximate surface area is 124 Å². The Morgan fingerprint density at radius 3 is 2.55 bits per heavy atom. The number of hydrogen-bond donors (Lipinski definition) is 2. The van der Waals surface area contributed by atoms with E-state index in [2.05, 4.69) is 21.2 Å². The van der Waals surface area contributed by atoms with Crippen LogP contribution < -0.4 is 5.32 Å². The van der Waals surface area contributed by atoms with Gasteiger partial charge in [-0.25, -0.2) is 0 Å². The number of nitrogens with zero attached hydrogens (tertiary/aromatic N) is 1. The molecule has 0 saturated carbocycles. The molecule has 0 heterocycles. The summed E-state index contributed by atoms with van der Waals surface area (Å²) >= 11 is 3.20. The molecule has 0 aromatic heterocycles. The SMILES string of the molecule is N#CC(NC(=O)c1ccc(Br)cc1O)c1ccccc1. The summed E-state index contributed by atoms with van der Waals surface area (Å²) in [5.74, 6) is -0.632. The normalized spacial score (nSPS) is 11.4. The lowest BCUT2D eigenvalue weighted by Gasteiger charge is -2.12. The van der Waals surface area contributed by atoms with Crippen molar-refractivity contribution in [3.63, 3.8) is 0 Å². The second-order valence-corrected chi connectivity index (χ2v) is 5.02. The van der Waals surface area contributed by atoms with Crippen molar-refractivity contribution in [2.75, 3.05) is 0 Å². The van der Waals surface area contributed by atoms with Crippen LogP contribution in [0.3, 0.4) is 0 Å². The maximum atomic E-state index is 12.1. The van der Waals surface area contributed by atoms with Crippen LogP contribution in [0.25, 0.3) is 0 Å². The number of carbonyl (C=O) groups excluding carboxylic acids is 1. The van der Waals surface area contributed by atoms with Gasteiger partial charge in [0.05, 0.1) is 11.6 Å². The Balaban J connectivity index is 2.20. The van der Waals surface area contributed by atoms with Gasteiger partial charge in [0.2, 0.25) is 0 Å². The Bertz CT molecular complexity index is 665. The van der Waals surface area contributed by atoms with Crippen molar-refractivity contribution in [3.8, 4) is 11.8 Å². The predicted molar refractivity (Wildman–Crippen MR) is 78.1 cm³/mol. The van der Waals surface area contributed by atoms with Crippen LogP contribution in [0.5, 0.6) is 5.75 Å². The number of aromatic hydroxyl groups is 1. The summed E-state index contributed by atoms with van der Waals surface area (Å²) in [6, 6.07) is 14.8. The smallest absolute Gasteiger partial charge is 0.256 e. The van der Waals surface area contributed by atoms with Crippen molar-refractivity contribution < 1.29 is 9.90 Å². The van der Waals surface area contributed by atoms with Crippen molar-refractivity contribution in [1.29, 1.82) is 5.26 Å². The molecule has 2 rings (SSSR count). The molecule has 4 nitrogen and oxygen atoms in total. The molecular weight excluding hydrogens is 320 g/mol. The first-order valence-corrected chi connectivity index (χ1v) is 6.65. The van der Waals surface area contributed by atoms with E-state index in [4.69, 9.17) is 5.26 Å². The minimum absolute atomic E-state index is 0.129. The van der Waals surface area contributed by atoms with E-state index in [1.54, 1.807) is 30.3 Å². The number of carbonyl (C=O) groups is 1. The molecule has 0 saturated heterocycles. The zero-order valence-electron chi connectivity index (χ0n) is 10.4. The predicted octanol–water partition coefficient (Wildman–Crippen LogP) is 3.15. The minimum atomic E-state index is -0.758. The number of benzene rings is 2. The molecule has 0 fully saturated rings. The van der Waals surface area contributed by atoms with Crippen molar-refractivity contribution >= 4 is 21.8 Å². The highest BCUT2D eigenvalue weighted by Gasteiger charge is 2.17. The van der Waals surface area contributed by atoms with Crippen molar-refractivity contribution in [1.82, 2.24) is 5.32 Å². The van der Waals surface area contributed by atoms with E-state index >= 15 is 0 Å². The van der Waals surface area contributed by atoms with Gasteiger partial charge in [-0.05, 0) is 23.8 Å². The van der Waals surface area contributed by atoms with Gasteiger partial charge in [0.15, 0.2) is 0 Å². The topological polar surface area (TPSA) is 73.1 Å². The summed E-state index contributed by atoms with van der Waals surface area (Å²) in [5, 5.41) is 21.5. The zero-order chi connectivity index (χ0) is 14.5. The Kier molecular flexibility index (Phi) is 4.38. The van der Waals surface area contributed by atoms with Crippen LogP contribution in [0.4, 0.5) is 0 Å². The standard InChI is InChI=1S/C15H11BrN2O2/c16-11-6-7-12(14(19)8-11)15(20)18-13(9-17)10-4-2-1-3-5-10/h1-8,13,19H,(H,18,20). The van der Waals surface area contributed by atoms with Gasteiger partial charge in [0.25, 0.3) is 5.91 Å². The highest BCUT2D eigenvalue weighted by atomic mass is 79.9. The number of rotatable bonds is 3. The van der Waals surface area contributed by atoms with Crippen molar-refractivity contribution in [2.24, 2.45) is 0 Å². The van der Waals surface area contributed by atoms with Gasteiger partial charge < -0.3 is 10.4 Å². The number of hydrogen-bond acceptors (Lipinski definition) is 3. The van der Waals surface area contributed by atoms with Gasteiger partial charge in [-0.15, -0.1) is 0 Å². The fraction of sp³-hybridized carbons (Fsp3) is 0.0667. The highest BCUT2D eigenvalue weighted by molar-refractivity contribution is 9.10. The van der Waals surface area contributed by atoms with Gasteiger partial charge in [-0.2, -0.15) is 5.26 Å². The van der Waals surface area contributed by atoms with E-state index < -0.39 is 11.9 Å². The zero-order valence-corrected chi connectivity index (χ0v) is 12.0. The summed E-state index contributed by atoms with van der Waals surface area (Å²) < 4.78 is 0.673. The first kappa shape index (κ1) is 14.1. The van der Waals surface area contributed by atoms with Crippen LogP contribution in [0, 0.1) is 11.3 Å². The Morgan fingerprint density at radius 2 is 1.95 bits per heavy atom. The molecule has 1 unspecified atom stereocenters. The minimum Gasteiger partial charge on any atom is -0.507 e. The molecule has 1 amide bonds. The Morgan fingerprint density at radius 1 is 1.25 bits per heavy atom. The van der Waals surface area contributed by atoms with E-state index in [0.29, 0.717) is 10.0 Å². The number of nitrogens with one attached hydrogen (secondary N) is 1. The maximum Gasteiger partial charge on any atom is 0.256 e. The quantitative estimate of drug-likeness (QED) is 0.907. The van der Waals surface area contributed by atoms with Gasteiger partial charge in [0, 0.05) is 4.47 Å². The second-order valence-electron chi connectivity index (χ2n) is 4.11. The van der Waals surface area contributed by atoms with E-state index in [-0.39, 0.29) is 11.3 Å². The molecular formula is C15H11BrN2O2. The number of phenolic OH excluding ortho intramolecular Hbond substituents is 1.